The Morgan fingerprint density at radius 1 is 1.14 bits per heavy atom. The second kappa shape index (κ2) is 6.44. The minimum absolute atomic E-state index is 0.0647. The molecule has 1 aliphatic heterocycles. The van der Waals surface area contributed by atoms with E-state index in [1.807, 2.05) is 24.3 Å². The summed E-state index contributed by atoms with van der Waals surface area (Å²) in [5.74, 6) is -0.739. The van der Waals surface area contributed by atoms with Crippen molar-refractivity contribution < 1.29 is 9.18 Å². The molecule has 2 aromatic carbocycles. The van der Waals surface area contributed by atoms with Crippen molar-refractivity contribution in [1.29, 1.82) is 0 Å². The van der Waals surface area contributed by atoms with Crippen LogP contribution in [0.5, 0.6) is 0 Å². The van der Waals surface area contributed by atoms with Gasteiger partial charge in [0.15, 0.2) is 0 Å². The predicted octanol–water partition coefficient (Wildman–Crippen LogP) is 3.03. The van der Waals surface area contributed by atoms with Gasteiger partial charge in [-0.15, -0.1) is 0 Å². The highest BCUT2D eigenvalue weighted by Crippen LogP contribution is 2.28. The summed E-state index contributed by atoms with van der Waals surface area (Å²) >= 11 is 6.16. The van der Waals surface area contributed by atoms with Gasteiger partial charge in [-0.3, -0.25) is 4.79 Å². The molecule has 114 valence electrons. The Morgan fingerprint density at radius 3 is 2.64 bits per heavy atom. The molecule has 3 N–H and O–H groups in total. The van der Waals surface area contributed by atoms with Gasteiger partial charge in [0.25, 0.3) is 0 Å². The van der Waals surface area contributed by atoms with Crippen molar-refractivity contribution in [1.82, 2.24) is 10.9 Å². The normalized spacial score (nSPS) is 20.8. The third-order valence-corrected chi connectivity index (χ3v) is 3.98. The smallest absolute Gasteiger partial charge is 0.243 e. The van der Waals surface area contributed by atoms with E-state index in [1.165, 1.54) is 12.1 Å². The van der Waals surface area contributed by atoms with Crippen LogP contribution < -0.4 is 16.2 Å². The van der Waals surface area contributed by atoms with Crippen molar-refractivity contribution in [2.45, 2.75) is 18.5 Å². The fraction of sp³-hybridized carbons (Fsp3) is 0.188. The van der Waals surface area contributed by atoms with E-state index in [9.17, 15) is 9.18 Å². The van der Waals surface area contributed by atoms with Gasteiger partial charge >= 0.3 is 0 Å². The molecule has 22 heavy (non-hydrogen) atoms. The number of hydrazine groups is 1. The van der Waals surface area contributed by atoms with Gasteiger partial charge < -0.3 is 5.32 Å². The number of nitrogens with one attached hydrogen (secondary N) is 3. The molecule has 1 fully saturated rings. The zero-order valence-corrected chi connectivity index (χ0v) is 12.4. The molecule has 1 heterocycles. The molecule has 0 radical (unpaired) electrons. The summed E-state index contributed by atoms with van der Waals surface area (Å²) in [6.07, 6.45) is 0.532. The fourth-order valence-electron chi connectivity index (χ4n) is 2.47. The number of anilines is 1. The van der Waals surface area contributed by atoms with Crippen LogP contribution in [0.1, 0.15) is 18.0 Å². The lowest BCUT2D eigenvalue weighted by molar-refractivity contribution is -0.117. The molecule has 1 aliphatic rings. The van der Waals surface area contributed by atoms with Crippen molar-refractivity contribution in [3.05, 3.63) is 64.9 Å². The van der Waals surface area contributed by atoms with Crippen molar-refractivity contribution in [2.75, 3.05) is 5.32 Å². The van der Waals surface area contributed by atoms with Crippen molar-refractivity contribution in [3.8, 4) is 0 Å². The Bertz CT molecular complexity index is 695. The first-order valence-electron chi connectivity index (χ1n) is 6.96. The molecule has 2 unspecified atom stereocenters. The van der Waals surface area contributed by atoms with E-state index in [1.54, 1.807) is 12.1 Å². The number of rotatable bonds is 3. The summed E-state index contributed by atoms with van der Waals surface area (Å²) in [7, 11) is 0. The zero-order valence-electron chi connectivity index (χ0n) is 11.6. The first kappa shape index (κ1) is 15.0. The number of amides is 1. The molecule has 0 spiro atoms. The van der Waals surface area contributed by atoms with Crippen molar-refractivity contribution in [2.24, 2.45) is 0 Å². The standard InChI is InChI=1S/C16H15ClFN3O/c17-11-6-2-1-5-10(11)14-9-15(21-20-14)16(22)19-13-8-4-3-7-12(13)18/h1-8,14-15,20-21H,9H2,(H,19,22). The highest BCUT2D eigenvalue weighted by atomic mass is 35.5. The topological polar surface area (TPSA) is 53.2 Å². The van der Waals surface area contributed by atoms with Crippen LogP contribution in [0, 0.1) is 5.82 Å². The largest absolute Gasteiger partial charge is 0.322 e. The second-order valence-corrected chi connectivity index (χ2v) is 5.53. The second-order valence-electron chi connectivity index (χ2n) is 5.12. The number of hydrogen-bond donors (Lipinski definition) is 3. The minimum Gasteiger partial charge on any atom is -0.322 e. The average Bonchev–Trinajstić information content (AvgIpc) is 3.00. The molecule has 3 rings (SSSR count). The van der Waals surface area contributed by atoms with E-state index in [4.69, 9.17) is 11.6 Å². The van der Waals surface area contributed by atoms with E-state index in [0.717, 1.165) is 5.56 Å². The first-order valence-corrected chi connectivity index (χ1v) is 7.34. The van der Waals surface area contributed by atoms with E-state index in [-0.39, 0.29) is 17.6 Å². The molecular weight excluding hydrogens is 305 g/mol. The fourth-order valence-corrected chi connectivity index (χ4v) is 2.74. The Morgan fingerprint density at radius 2 is 1.86 bits per heavy atom. The lowest BCUT2D eigenvalue weighted by Crippen LogP contribution is -2.39. The number of carbonyl (C=O) groups excluding carboxylic acids is 1. The third kappa shape index (κ3) is 3.11. The van der Waals surface area contributed by atoms with Crippen LogP contribution in [0.3, 0.4) is 0 Å². The van der Waals surface area contributed by atoms with Gasteiger partial charge in [-0.1, -0.05) is 41.9 Å². The van der Waals surface area contributed by atoms with Crippen LogP contribution in [0.4, 0.5) is 10.1 Å². The maximum absolute atomic E-state index is 13.6. The summed E-state index contributed by atoms with van der Waals surface area (Å²) in [5.41, 5.74) is 7.09. The molecule has 1 saturated heterocycles. The lowest BCUT2D eigenvalue weighted by Gasteiger charge is -2.12. The van der Waals surface area contributed by atoms with Gasteiger partial charge in [0.2, 0.25) is 5.91 Å². The Labute approximate surface area is 132 Å². The van der Waals surface area contributed by atoms with Crippen LogP contribution >= 0.6 is 11.6 Å². The quantitative estimate of drug-likeness (QED) is 0.815. The number of benzene rings is 2. The average molecular weight is 320 g/mol. The van der Waals surface area contributed by atoms with E-state index < -0.39 is 11.9 Å². The van der Waals surface area contributed by atoms with Gasteiger partial charge in [0.05, 0.1) is 5.69 Å². The molecule has 4 nitrogen and oxygen atoms in total. The summed E-state index contributed by atoms with van der Waals surface area (Å²) in [5, 5.41) is 3.24. The highest BCUT2D eigenvalue weighted by Gasteiger charge is 2.31. The Balaban J connectivity index is 1.67. The number of hydrogen-bond acceptors (Lipinski definition) is 3. The van der Waals surface area contributed by atoms with E-state index in [2.05, 4.69) is 16.2 Å². The molecule has 0 saturated carbocycles. The van der Waals surface area contributed by atoms with Gasteiger partial charge in [0, 0.05) is 11.1 Å². The van der Waals surface area contributed by atoms with Gasteiger partial charge in [0.1, 0.15) is 11.9 Å². The van der Waals surface area contributed by atoms with Gasteiger partial charge in [-0.05, 0) is 30.2 Å². The maximum Gasteiger partial charge on any atom is 0.243 e. The van der Waals surface area contributed by atoms with Crippen molar-refractivity contribution in [3.63, 3.8) is 0 Å². The van der Waals surface area contributed by atoms with Gasteiger partial charge in [-0.2, -0.15) is 0 Å². The Kier molecular flexibility index (Phi) is 4.38. The summed E-state index contributed by atoms with van der Waals surface area (Å²) in [4.78, 5) is 12.2. The summed E-state index contributed by atoms with van der Waals surface area (Å²) in [6.45, 7) is 0. The van der Waals surface area contributed by atoms with Crippen molar-refractivity contribution >= 4 is 23.2 Å². The molecule has 1 amide bonds. The van der Waals surface area contributed by atoms with Gasteiger partial charge in [-0.25, -0.2) is 15.2 Å². The van der Waals surface area contributed by atoms with Crippen LogP contribution in [-0.4, -0.2) is 11.9 Å². The summed E-state index contributed by atoms with van der Waals surface area (Å²) in [6, 6.07) is 13.0. The monoisotopic (exact) mass is 319 g/mol. The molecule has 6 heteroatoms. The van der Waals surface area contributed by atoms with E-state index in [0.29, 0.717) is 11.4 Å². The van der Waals surface area contributed by atoms with E-state index >= 15 is 0 Å². The first-order chi connectivity index (χ1) is 10.6. The highest BCUT2D eigenvalue weighted by molar-refractivity contribution is 6.31. The molecular formula is C16H15ClFN3O. The SMILES string of the molecule is O=C(Nc1ccccc1F)C1CC(c2ccccc2Cl)NN1. The molecule has 0 aliphatic carbocycles. The van der Waals surface area contributed by atoms with Crippen LogP contribution in [0.15, 0.2) is 48.5 Å². The third-order valence-electron chi connectivity index (χ3n) is 3.63. The lowest BCUT2D eigenvalue weighted by atomic mass is 10.0. The molecule has 2 atom stereocenters. The number of para-hydroxylation sites is 1. The maximum atomic E-state index is 13.6. The zero-order chi connectivity index (χ0) is 15.5. The van der Waals surface area contributed by atoms with Crippen LogP contribution in [0.2, 0.25) is 5.02 Å². The van der Waals surface area contributed by atoms with Crippen LogP contribution in [-0.2, 0) is 4.79 Å². The number of carbonyl (C=O) groups is 1. The molecule has 2 aromatic rings. The summed E-state index contributed by atoms with van der Waals surface area (Å²) < 4.78 is 13.6. The predicted molar refractivity (Wildman–Crippen MR) is 83.9 cm³/mol. The number of halogens is 2. The molecule has 0 bridgehead atoms. The molecule has 0 aromatic heterocycles. The Hall–Kier alpha value is -1.95. The van der Waals surface area contributed by atoms with Crippen LogP contribution in [0.25, 0.3) is 0 Å². The minimum atomic E-state index is -0.458.